The summed E-state index contributed by atoms with van der Waals surface area (Å²) in [4.78, 5) is 12.3. The van der Waals surface area contributed by atoms with E-state index in [2.05, 4.69) is 19.2 Å². The fourth-order valence-electron chi connectivity index (χ4n) is 3.00. The molecule has 1 aliphatic carbocycles. The Morgan fingerprint density at radius 3 is 2.75 bits per heavy atom. The van der Waals surface area contributed by atoms with E-state index in [1.54, 1.807) is 0 Å². The first kappa shape index (κ1) is 13.3. The molecule has 0 saturated heterocycles. The zero-order valence-corrected chi connectivity index (χ0v) is 12.0. The molecule has 0 spiro atoms. The minimum absolute atomic E-state index is 0.0674. The second-order valence-corrected chi connectivity index (χ2v) is 6.48. The number of hydrogen-bond acceptors (Lipinski definition) is 3. The Kier molecular flexibility index (Phi) is 3.32. The van der Waals surface area contributed by atoms with Crippen LogP contribution in [0.15, 0.2) is 24.3 Å². The van der Waals surface area contributed by atoms with Gasteiger partial charge in [0.15, 0.2) is 11.5 Å². The van der Waals surface area contributed by atoms with E-state index >= 15 is 0 Å². The third-order valence-corrected chi connectivity index (χ3v) is 4.12. The van der Waals surface area contributed by atoms with Crippen molar-refractivity contribution in [2.75, 3.05) is 6.61 Å². The third-order valence-electron chi connectivity index (χ3n) is 4.12. The lowest BCUT2D eigenvalue weighted by Crippen LogP contribution is -2.47. The number of para-hydroxylation sites is 2. The number of carbonyl (C=O) groups is 1. The monoisotopic (exact) mass is 275 g/mol. The summed E-state index contributed by atoms with van der Waals surface area (Å²) < 4.78 is 11.3. The van der Waals surface area contributed by atoms with E-state index in [4.69, 9.17) is 9.47 Å². The van der Waals surface area contributed by atoms with Gasteiger partial charge in [-0.15, -0.1) is 0 Å². The third kappa shape index (κ3) is 2.74. The van der Waals surface area contributed by atoms with Gasteiger partial charge in [-0.2, -0.15) is 0 Å². The normalized spacial score (nSPS) is 27.1. The topological polar surface area (TPSA) is 47.6 Å². The van der Waals surface area contributed by atoms with Crippen LogP contribution in [-0.4, -0.2) is 24.7 Å². The SMILES string of the molecule is CC1(C)CCC(NC(=O)C2COc3ccccc3O2)C1. The molecule has 2 aliphatic rings. The maximum Gasteiger partial charge on any atom is 0.264 e. The van der Waals surface area contributed by atoms with Crippen molar-refractivity contribution in [3.63, 3.8) is 0 Å². The Bertz CT molecular complexity index is 512. The van der Waals surface area contributed by atoms with Crippen molar-refractivity contribution in [1.29, 1.82) is 0 Å². The molecular formula is C16H21NO3. The van der Waals surface area contributed by atoms with E-state index < -0.39 is 6.10 Å². The van der Waals surface area contributed by atoms with Crippen molar-refractivity contribution < 1.29 is 14.3 Å². The lowest BCUT2D eigenvalue weighted by molar-refractivity contribution is -0.131. The number of fused-ring (bicyclic) bond motifs is 1. The van der Waals surface area contributed by atoms with Crippen LogP contribution >= 0.6 is 0 Å². The van der Waals surface area contributed by atoms with Crippen LogP contribution in [0.1, 0.15) is 33.1 Å². The smallest absolute Gasteiger partial charge is 0.264 e. The first-order valence-electron chi connectivity index (χ1n) is 7.22. The van der Waals surface area contributed by atoms with Gasteiger partial charge in [-0.1, -0.05) is 26.0 Å². The van der Waals surface area contributed by atoms with Gasteiger partial charge in [0.05, 0.1) is 0 Å². The van der Waals surface area contributed by atoms with Gasteiger partial charge in [-0.05, 0) is 36.8 Å². The van der Waals surface area contributed by atoms with E-state index in [0.29, 0.717) is 16.9 Å². The molecule has 4 heteroatoms. The first-order valence-corrected chi connectivity index (χ1v) is 7.22. The second kappa shape index (κ2) is 5.00. The zero-order valence-electron chi connectivity index (χ0n) is 12.0. The number of rotatable bonds is 2. The number of ether oxygens (including phenoxy) is 2. The molecule has 0 aromatic heterocycles. The van der Waals surface area contributed by atoms with Crippen LogP contribution < -0.4 is 14.8 Å². The van der Waals surface area contributed by atoms with E-state index in [9.17, 15) is 4.79 Å². The molecule has 1 fully saturated rings. The van der Waals surface area contributed by atoms with Crippen LogP contribution in [0.4, 0.5) is 0 Å². The Hall–Kier alpha value is -1.71. The van der Waals surface area contributed by atoms with Crippen molar-refractivity contribution in [2.24, 2.45) is 5.41 Å². The molecule has 4 nitrogen and oxygen atoms in total. The summed E-state index contributed by atoms with van der Waals surface area (Å²) >= 11 is 0. The molecule has 1 aromatic rings. The summed E-state index contributed by atoms with van der Waals surface area (Å²) in [6, 6.07) is 7.71. The molecular weight excluding hydrogens is 254 g/mol. The Morgan fingerprint density at radius 2 is 2.05 bits per heavy atom. The van der Waals surface area contributed by atoms with Gasteiger partial charge in [0.1, 0.15) is 6.61 Å². The molecule has 3 rings (SSSR count). The van der Waals surface area contributed by atoms with Gasteiger partial charge in [-0.3, -0.25) is 4.79 Å². The van der Waals surface area contributed by atoms with Crippen LogP contribution in [0.2, 0.25) is 0 Å². The van der Waals surface area contributed by atoms with Crippen molar-refractivity contribution in [3.8, 4) is 11.5 Å². The molecule has 2 atom stereocenters. The molecule has 1 heterocycles. The van der Waals surface area contributed by atoms with Gasteiger partial charge in [0.2, 0.25) is 6.10 Å². The summed E-state index contributed by atoms with van der Waals surface area (Å²) in [6.45, 7) is 4.77. The molecule has 0 radical (unpaired) electrons. The molecule has 1 aromatic carbocycles. The second-order valence-electron chi connectivity index (χ2n) is 6.48. The fourth-order valence-corrected chi connectivity index (χ4v) is 3.00. The molecule has 1 saturated carbocycles. The van der Waals surface area contributed by atoms with Gasteiger partial charge >= 0.3 is 0 Å². The lowest BCUT2D eigenvalue weighted by atomic mass is 9.92. The highest BCUT2D eigenvalue weighted by molar-refractivity contribution is 5.82. The predicted octanol–water partition coefficient (Wildman–Crippen LogP) is 2.52. The number of benzene rings is 1. The van der Waals surface area contributed by atoms with Crippen molar-refractivity contribution in [2.45, 2.75) is 45.3 Å². The summed E-state index contributed by atoms with van der Waals surface area (Å²) in [7, 11) is 0. The minimum Gasteiger partial charge on any atom is -0.485 e. The Balaban J connectivity index is 1.59. The number of nitrogens with one attached hydrogen (secondary N) is 1. The summed E-state index contributed by atoms with van der Waals surface area (Å²) in [5.74, 6) is 1.28. The predicted molar refractivity (Wildman–Crippen MR) is 75.9 cm³/mol. The molecule has 1 N–H and O–H groups in total. The first-order chi connectivity index (χ1) is 9.53. The molecule has 1 amide bonds. The molecule has 2 unspecified atom stereocenters. The van der Waals surface area contributed by atoms with E-state index in [1.807, 2.05) is 24.3 Å². The van der Waals surface area contributed by atoms with Crippen LogP contribution in [-0.2, 0) is 4.79 Å². The summed E-state index contributed by atoms with van der Waals surface area (Å²) in [5.41, 5.74) is 0.328. The lowest BCUT2D eigenvalue weighted by Gasteiger charge is -2.27. The highest BCUT2D eigenvalue weighted by Gasteiger charge is 2.34. The summed E-state index contributed by atoms with van der Waals surface area (Å²) in [6.07, 6.45) is 2.68. The average molecular weight is 275 g/mol. The number of hydrogen-bond donors (Lipinski definition) is 1. The van der Waals surface area contributed by atoms with Crippen LogP contribution in [0.25, 0.3) is 0 Å². The highest BCUT2D eigenvalue weighted by Crippen LogP contribution is 2.37. The maximum absolute atomic E-state index is 12.3. The van der Waals surface area contributed by atoms with E-state index in [-0.39, 0.29) is 18.6 Å². The Labute approximate surface area is 119 Å². The van der Waals surface area contributed by atoms with Crippen molar-refractivity contribution >= 4 is 5.91 Å². The minimum atomic E-state index is -0.548. The largest absolute Gasteiger partial charge is 0.485 e. The molecule has 20 heavy (non-hydrogen) atoms. The highest BCUT2D eigenvalue weighted by atomic mass is 16.6. The molecule has 108 valence electrons. The fraction of sp³-hybridized carbons (Fsp3) is 0.562. The van der Waals surface area contributed by atoms with Crippen molar-refractivity contribution in [1.82, 2.24) is 5.32 Å². The van der Waals surface area contributed by atoms with Crippen LogP contribution in [0, 0.1) is 5.41 Å². The van der Waals surface area contributed by atoms with E-state index in [1.165, 1.54) is 0 Å². The van der Waals surface area contributed by atoms with Crippen LogP contribution in [0.3, 0.4) is 0 Å². The number of carbonyl (C=O) groups excluding carboxylic acids is 1. The standard InChI is InChI=1S/C16H21NO3/c1-16(2)8-7-11(9-16)17-15(18)14-10-19-12-5-3-4-6-13(12)20-14/h3-6,11,14H,7-10H2,1-2H3,(H,17,18). The Morgan fingerprint density at radius 1 is 1.30 bits per heavy atom. The zero-order chi connectivity index (χ0) is 14.2. The quantitative estimate of drug-likeness (QED) is 0.902. The van der Waals surface area contributed by atoms with Gasteiger partial charge in [0, 0.05) is 6.04 Å². The van der Waals surface area contributed by atoms with Gasteiger partial charge in [0.25, 0.3) is 5.91 Å². The van der Waals surface area contributed by atoms with Gasteiger partial charge in [-0.25, -0.2) is 0 Å². The molecule has 0 bridgehead atoms. The molecule has 1 aliphatic heterocycles. The van der Waals surface area contributed by atoms with Gasteiger partial charge < -0.3 is 14.8 Å². The number of amides is 1. The van der Waals surface area contributed by atoms with Crippen molar-refractivity contribution in [3.05, 3.63) is 24.3 Å². The van der Waals surface area contributed by atoms with Crippen LogP contribution in [0.5, 0.6) is 11.5 Å². The summed E-state index contributed by atoms with van der Waals surface area (Å²) in [5, 5.41) is 3.09. The maximum atomic E-state index is 12.3. The van der Waals surface area contributed by atoms with E-state index in [0.717, 1.165) is 19.3 Å². The average Bonchev–Trinajstić information content (AvgIpc) is 2.77.